The minimum atomic E-state index is -0.310. The second-order valence-electron chi connectivity index (χ2n) is 4.91. The molecule has 5 nitrogen and oxygen atoms in total. The molecule has 1 N–H and O–H groups in total. The van der Waals surface area contributed by atoms with Gasteiger partial charge in [-0.15, -0.1) is 0 Å². The van der Waals surface area contributed by atoms with Crippen LogP contribution in [-0.2, 0) is 0 Å². The fourth-order valence-electron chi connectivity index (χ4n) is 2.63. The maximum atomic E-state index is 12.6. The number of nitrogens with zero attached hydrogens (tertiary/aromatic N) is 2. The van der Waals surface area contributed by atoms with Crippen LogP contribution in [0.15, 0.2) is 18.2 Å². The van der Waals surface area contributed by atoms with Crippen LogP contribution in [0.4, 0.5) is 0 Å². The maximum absolute atomic E-state index is 12.6. The van der Waals surface area contributed by atoms with Gasteiger partial charge in [-0.25, -0.2) is 0 Å². The van der Waals surface area contributed by atoms with Crippen molar-refractivity contribution < 1.29 is 14.6 Å². The molecule has 1 aliphatic rings. The first-order valence-corrected chi connectivity index (χ1v) is 6.72. The smallest absolute Gasteiger partial charge is 0.258 e. The first-order valence-electron chi connectivity index (χ1n) is 6.72. The summed E-state index contributed by atoms with van der Waals surface area (Å²) in [6.07, 6.45) is 3.98. The van der Waals surface area contributed by atoms with Gasteiger partial charge >= 0.3 is 0 Å². The number of ether oxygens (including phenoxy) is 1. The van der Waals surface area contributed by atoms with Crippen molar-refractivity contribution in [3.63, 3.8) is 0 Å². The quantitative estimate of drug-likeness (QED) is 0.855. The Morgan fingerprint density at radius 2 is 2.20 bits per heavy atom. The molecule has 0 aliphatic heterocycles. The number of rotatable bonds is 4. The van der Waals surface area contributed by atoms with Crippen LogP contribution in [0.3, 0.4) is 0 Å². The van der Waals surface area contributed by atoms with Crippen LogP contribution < -0.4 is 4.74 Å². The average molecular weight is 274 g/mol. The molecule has 0 aromatic heterocycles. The van der Waals surface area contributed by atoms with E-state index in [4.69, 9.17) is 10.00 Å². The molecule has 0 heterocycles. The molecule has 106 valence electrons. The van der Waals surface area contributed by atoms with E-state index in [-0.39, 0.29) is 29.8 Å². The highest BCUT2D eigenvalue weighted by Crippen LogP contribution is 2.28. The summed E-state index contributed by atoms with van der Waals surface area (Å²) in [6, 6.07) is 6.67. The Hall–Kier alpha value is -2.22. The third-order valence-electron chi connectivity index (χ3n) is 3.70. The summed E-state index contributed by atoms with van der Waals surface area (Å²) in [5.41, 5.74) is 0.187. The van der Waals surface area contributed by atoms with E-state index in [9.17, 15) is 9.90 Å². The van der Waals surface area contributed by atoms with Crippen LogP contribution in [0, 0.1) is 11.3 Å². The van der Waals surface area contributed by atoms with Crippen LogP contribution in [0.25, 0.3) is 0 Å². The van der Waals surface area contributed by atoms with Crippen LogP contribution in [0.5, 0.6) is 11.5 Å². The van der Waals surface area contributed by atoms with Crippen LogP contribution in [0.1, 0.15) is 36.0 Å². The van der Waals surface area contributed by atoms with Crippen molar-refractivity contribution >= 4 is 5.91 Å². The molecular formula is C15H18N2O3. The zero-order valence-electron chi connectivity index (χ0n) is 11.5. The fraction of sp³-hybridized carbons (Fsp3) is 0.467. The third kappa shape index (κ3) is 2.85. The number of carbonyl (C=O) groups is 1. The van der Waals surface area contributed by atoms with Crippen molar-refractivity contribution in [3.05, 3.63) is 23.8 Å². The lowest BCUT2D eigenvalue weighted by Crippen LogP contribution is -2.39. The summed E-state index contributed by atoms with van der Waals surface area (Å²) in [7, 11) is 1.50. The first kappa shape index (κ1) is 14.2. The fourth-order valence-corrected chi connectivity index (χ4v) is 2.63. The summed E-state index contributed by atoms with van der Waals surface area (Å²) < 4.78 is 5.08. The number of phenolic OH excluding ortho intramolecular Hbond substituents is 1. The van der Waals surface area contributed by atoms with Gasteiger partial charge in [0.25, 0.3) is 5.91 Å². The summed E-state index contributed by atoms with van der Waals surface area (Å²) >= 11 is 0. The minimum absolute atomic E-state index is 0.0418. The normalized spacial score (nSPS) is 14.8. The lowest BCUT2D eigenvalue weighted by molar-refractivity contribution is 0.0706. The second-order valence-corrected chi connectivity index (χ2v) is 4.91. The number of benzene rings is 1. The largest absolute Gasteiger partial charge is 0.507 e. The summed E-state index contributed by atoms with van der Waals surface area (Å²) in [5.74, 6) is 0.112. The number of amides is 1. The van der Waals surface area contributed by atoms with E-state index in [2.05, 4.69) is 0 Å². The molecule has 1 aromatic rings. The molecule has 1 aliphatic carbocycles. The molecule has 0 saturated heterocycles. The Labute approximate surface area is 118 Å². The molecule has 20 heavy (non-hydrogen) atoms. The Bertz CT molecular complexity index is 530. The highest BCUT2D eigenvalue weighted by molar-refractivity contribution is 5.97. The van der Waals surface area contributed by atoms with Gasteiger partial charge < -0.3 is 14.7 Å². The molecule has 5 heteroatoms. The molecule has 0 atom stereocenters. The van der Waals surface area contributed by atoms with Crippen molar-refractivity contribution in [2.24, 2.45) is 0 Å². The predicted molar refractivity (Wildman–Crippen MR) is 73.6 cm³/mol. The lowest BCUT2D eigenvalue weighted by atomic mass is 10.1. The number of hydrogen-bond acceptors (Lipinski definition) is 4. The first-order chi connectivity index (χ1) is 9.67. The van der Waals surface area contributed by atoms with E-state index in [0.717, 1.165) is 25.7 Å². The van der Waals surface area contributed by atoms with E-state index in [1.165, 1.54) is 19.2 Å². The van der Waals surface area contributed by atoms with Crippen LogP contribution in [0.2, 0.25) is 0 Å². The molecule has 0 spiro atoms. The second kappa shape index (κ2) is 6.29. The highest BCUT2D eigenvalue weighted by Gasteiger charge is 2.28. The lowest BCUT2D eigenvalue weighted by Gasteiger charge is -2.26. The summed E-state index contributed by atoms with van der Waals surface area (Å²) in [6.45, 7) is 0.0418. The number of nitriles is 1. The van der Waals surface area contributed by atoms with Crippen molar-refractivity contribution in [1.29, 1.82) is 5.26 Å². The van der Waals surface area contributed by atoms with Gasteiger partial charge in [-0.05, 0) is 31.0 Å². The standard InChI is InChI=1S/C15H18N2O3/c1-20-12-6-7-14(18)13(10-12)15(19)17(9-8-16)11-4-2-3-5-11/h6-7,10-11,18H,2-5,9H2,1H3. The maximum Gasteiger partial charge on any atom is 0.258 e. The van der Waals surface area contributed by atoms with E-state index in [1.54, 1.807) is 11.0 Å². The van der Waals surface area contributed by atoms with E-state index in [0.29, 0.717) is 5.75 Å². The van der Waals surface area contributed by atoms with Gasteiger partial charge in [-0.3, -0.25) is 4.79 Å². The Morgan fingerprint density at radius 1 is 1.50 bits per heavy atom. The van der Waals surface area contributed by atoms with Gasteiger partial charge in [0.1, 0.15) is 18.0 Å². The number of hydrogen-bond donors (Lipinski definition) is 1. The Morgan fingerprint density at radius 3 is 2.80 bits per heavy atom. The number of aromatic hydroxyl groups is 1. The molecule has 1 saturated carbocycles. The van der Waals surface area contributed by atoms with Gasteiger partial charge in [0, 0.05) is 6.04 Å². The summed E-state index contributed by atoms with van der Waals surface area (Å²) in [4.78, 5) is 14.1. The van der Waals surface area contributed by atoms with Gasteiger partial charge in [-0.1, -0.05) is 12.8 Å². The Balaban J connectivity index is 2.29. The van der Waals surface area contributed by atoms with Gasteiger partial charge in [-0.2, -0.15) is 5.26 Å². The summed E-state index contributed by atoms with van der Waals surface area (Å²) in [5, 5.41) is 18.8. The van der Waals surface area contributed by atoms with Crippen LogP contribution in [-0.4, -0.2) is 35.6 Å². The SMILES string of the molecule is COc1ccc(O)c(C(=O)N(CC#N)C2CCCC2)c1. The molecule has 0 bridgehead atoms. The van der Waals surface area contributed by atoms with Crippen molar-refractivity contribution in [1.82, 2.24) is 4.90 Å². The van der Waals surface area contributed by atoms with Crippen LogP contribution >= 0.6 is 0 Å². The molecule has 1 aromatic carbocycles. The van der Waals surface area contributed by atoms with Crippen molar-refractivity contribution in [3.8, 4) is 17.6 Å². The zero-order chi connectivity index (χ0) is 14.5. The number of carbonyl (C=O) groups excluding carboxylic acids is 1. The Kier molecular flexibility index (Phi) is 4.46. The molecule has 1 amide bonds. The van der Waals surface area contributed by atoms with Gasteiger partial charge in [0.15, 0.2) is 0 Å². The van der Waals surface area contributed by atoms with E-state index >= 15 is 0 Å². The highest BCUT2D eigenvalue weighted by atomic mass is 16.5. The molecule has 2 rings (SSSR count). The van der Waals surface area contributed by atoms with E-state index in [1.807, 2.05) is 6.07 Å². The molecule has 1 fully saturated rings. The number of methoxy groups -OCH3 is 1. The van der Waals surface area contributed by atoms with Gasteiger partial charge in [0.05, 0.1) is 18.7 Å². The van der Waals surface area contributed by atoms with E-state index < -0.39 is 0 Å². The monoisotopic (exact) mass is 274 g/mol. The zero-order valence-corrected chi connectivity index (χ0v) is 11.5. The van der Waals surface area contributed by atoms with Crippen molar-refractivity contribution in [2.45, 2.75) is 31.7 Å². The molecule has 0 radical (unpaired) electrons. The average Bonchev–Trinajstić information content (AvgIpc) is 2.98. The minimum Gasteiger partial charge on any atom is -0.507 e. The molecular weight excluding hydrogens is 256 g/mol. The van der Waals surface area contributed by atoms with Gasteiger partial charge in [0.2, 0.25) is 0 Å². The predicted octanol–water partition coefficient (Wildman–Crippen LogP) is 2.31. The molecule has 0 unspecified atom stereocenters. The topological polar surface area (TPSA) is 73.6 Å². The van der Waals surface area contributed by atoms with Crippen molar-refractivity contribution in [2.75, 3.05) is 13.7 Å². The number of phenols is 1. The third-order valence-corrected chi connectivity index (χ3v) is 3.70.